The summed E-state index contributed by atoms with van der Waals surface area (Å²) in [4.78, 5) is 25.1. The van der Waals surface area contributed by atoms with Crippen molar-refractivity contribution in [2.75, 3.05) is 11.4 Å². The number of rotatable bonds is 2. The molecule has 5 nitrogen and oxygen atoms in total. The first-order valence-corrected chi connectivity index (χ1v) is 6.62. The van der Waals surface area contributed by atoms with Crippen LogP contribution in [-0.4, -0.2) is 29.6 Å². The number of ether oxygens (including phenoxy) is 1. The Bertz CT molecular complexity index is 746. The van der Waals surface area contributed by atoms with Gasteiger partial charge < -0.3 is 14.7 Å². The van der Waals surface area contributed by atoms with E-state index in [1.165, 1.54) is 23.1 Å². The maximum absolute atomic E-state index is 13.3. The molecule has 1 aliphatic heterocycles. The van der Waals surface area contributed by atoms with E-state index in [4.69, 9.17) is 9.84 Å². The molecule has 1 heterocycles. The lowest BCUT2D eigenvalue weighted by atomic mass is 10.1. The zero-order valence-electron chi connectivity index (χ0n) is 11.4. The van der Waals surface area contributed by atoms with Gasteiger partial charge in [0, 0.05) is 5.56 Å². The number of carboxylic acid groups (broad SMARTS) is 1. The predicted molar refractivity (Wildman–Crippen MR) is 76.6 cm³/mol. The zero-order chi connectivity index (χ0) is 15.7. The van der Waals surface area contributed by atoms with Gasteiger partial charge in [0.2, 0.25) is 6.10 Å². The third-order valence-corrected chi connectivity index (χ3v) is 3.37. The number of hydrogen-bond donors (Lipinski definition) is 1. The number of fused-ring (bicyclic) bond motifs is 1. The minimum atomic E-state index is -1.16. The van der Waals surface area contributed by atoms with E-state index in [1.54, 1.807) is 24.3 Å². The van der Waals surface area contributed by atoms with Crippen LogP contribution in [0.15, 0.2) is 48.5 Å². The van der Waals surface area contributed by atoms with Crippen molar-refractivity contribution in [3.8, 4) is 5.75 Å². The van der Waals surface area contributed by atoms with Crippen molar-refractivity contribution in [3.63, 3.8) is 0 Å². The Hall–Kier alpha value is -2.89. The number of benzene rings is 2. The van der Waals surface area contributed by atoms with E-state index in [9.17, 15) is 14.0 Å². The monoisotopic (exact) mass is 301 g/mol. The van der Waals surface area contributed by atoms with Gasteiger partial charge in [0.15, 0.2) is 0 Å². The van der Waals surface area contributed by atoms with Gasteiger partial charge in [-0.15, -0.1) is 0 Å². The summed E-state index contributed by atoms with van der Waals surface area (Å²) in [6.07, 6.45) is -1.16. The van der Waals surface area contributed by atoms with Crippen molar-refractivity contribution >= 4 is 17.6 Å². The second-order valence-electron chi connectivity index (χ2n) is 4.84. The maximum atomic E-state index is 13.3. The highest BCUT2D eigenvalue weighted by molar-refractivity contribution is 6.07. The number of para-hydroxylation sites is 2. The SMILES string of the molecule is O=C(O)[C@H]1CN(C(=O)c2cccc(F)c2)c2ccccc2O1. The molecular weight excluding hydrogens is 289 g/mol. The Morgan fingerprint density at radius 3 is 2.68 bits per heavy atom. The van der Waals surface area contributed by atoms with Crippen molar-refractivity contribution in [1.29, 1.82) is 0 Å². The average molecular weight is 301 g/mol. The molecule has 0 aliphatic carbocycles. The fourth-order valence-electron chi connectivity index (χ4n) is 2.33. The van der Waals surface area contributed by atoms with E-state index in [0.717, 1.165) is 6.07 Å². The van der Waals surface area contributed by atoms with Gasteiger partial charge in [-0.3, -0.25) is 4.79 Å². The molecule has 1 amide bonds. The van der Waals surface area contributed by atoms with Crippen molar-refractivity contribution in [2.45, 2.75) is 6.10 Å². The second-order valence-corrected chi connectivity index (χ2v) is 4.84. The van der Waals surface area contributed by atoms with Gasteiger partial charge in [-0.1, -0.05) is 18.2 Å². The van der Waals surface area contributed by atoms with Crippen LogP contribution in [0.1, 0.15) is 10.4 Å². The summed E-state index contributed by atoms with van der Waals surface area (Å²) in [5, 5.41) is 9.16. The van der Waals surface area contributed by atoms with Gasteiger partial charge >= 0.3 is 5.97 Å². The molecule has 0 bridgehead atoms. The first-order valence-electron chi connectivity index (χ1n) is 6.62. The number of carbonyl (C=O) groups is 2. The first-order chi connectivity index (χ1) is 10.6. The third kappa shape index (κ3) is 2.50. The maximum Gasteiger partial charge on any atom is 0.346 e. The molecule has 0 unspecified atom stereocenters. The molecule has 3 rings (SSSR count). The number of anilines is 1. The lowest BCUT2D eigenvalue weighted by molar-refractivity contribution is -0.144. The summed E-state index contributed by atoms with van der Waals surface area (Å²) in [6, 6.07) is 11.9. The number of halogens is 1. The van der Waals surface area contributed by atoms with Crippen LogP contribution >= 0.6 is 0 Å². The van der Waals surface area contributed by atoms with Crippen LogP contribution in [0.25, 0.3) is 0 Å². The molecule has 22 heavy (non-hydrogen) atoms. The average Bonchev–Trinajstić information content (AvgIpc) is 2.53. The highest BCUT2D eigenvalue weighted by Crippen LogP contribution is 2.34. The van der Waals surface area contributed by atoms with E-state index < -0.39 is 23.8 Å². The molecule has 0 fully saturated rings. The molecule has 2 aromatic rings. The summed E-state index contributed by atoms with van der Waals surface area (Å²) in [7, 11) is 0. The molecule has 0 saturated heterocycles. The lowest BCUT2D eigenvalue weighted by Gasteiger charge is -2.33. The number of carbonyl (C=O) groups excluding carboxylic acids is 1. The number of hydrogen-bond acceptors (Lipinski definition) is 3. The molecule has 112 valence electrons. The Morgan fingerprint density at radius 1 is 1.18 bits per heavy atom. The van der Waals surface area contributed by atoms with Crippen molar-refractivity contribution in [1.82, 2.24) is 0 Å². The van der Waals surface area contributed by atoms with Crippen LogP contribution in [0.4, 0.5) is 10.1 Å². The number of nitrogens with zero attached hydrogens (tertiary/aromatic N) is 1. The van der Waals surface area contributed by atoms with E-state index in [2.05, 4.69) is 0 Å². The molecule has 1 atom stereocenters. The Balaban J connectivity index is 2.01. The quantitative estimate of drug-likeness (QED) is 0.924. The van der Waals surface area contributed by atoms with Gasteiger partial charge in [0.25, 0.3) is 5.91 Å². The molecule has 2 aromatic carbocycles. The fraction of sp³-hybridized carbons (Fsp3) is 0.125. The topological polar surface area (TPSA) is 66.8 Å². The minimum Gasteiger partial charge on any atom is -0.478 e. The first kappa shape index (κ1) is 14.1. The smallest absolute Gasteiger partial charge is 0.346 e. The fourth-order valence-corrected chi connectivity index (χ4v) is 2.33. The summed E-state index contributed by atoms with van der Waals surface area (Å²) in [5.74, 6) is -1.85. The molecular formula is C16H12FNO4. The van der Waals surface area contributed by atoms with Crippen LogP contribution in [0.3, 0.4) is 0 Å². The lowest BCUT2D eigenvalue weighted by Crippen LogP contribution is -2.47. The third-order valence-electron chi connectivity index (χ3n) is 3.37. The largest absolute Gasteiger partial charge is 0.478 e. The number of carboxylic acids is 1. The van der Waals surface area contributed by atoms with E-state index in [0.29, 0.717) is 11.4 Å². The Kier molecular flexibility index (Phi) is 3.50. The van der Waals surface area contributed by atoms with E-state index in [-0.39, 0.29) is 12.1 Å². The Morgan fingerprint density at radius 2 is 1.95 bits per heavy atom. The molecule has 1 N–H and O–H groups in total. The van der Waals surface area contributed by atoms with Crippen LogP contribution in [0, 0.1) is 5.82 Å². The minimum absolute atomic E-state index is 0.137. The van der Waals surface area contributed by atoms with Gasteiger partial charge in [-0.05, 0) is 30.3 Å². The molecule has 0 radical (unpaired) electrons. The summed E-state index contributed by atoms with van der Waals surface area (Å²) < 4.78 is 18.7. The van der Waals surface area contributed by atoms with Crippen LogP contribution in [0.2, 0.25) is 0 Å². The van der Waals surface area contributed by atoms with Crippen molar-refractivity contribution in [3.05, 3.63) is 59.9 Å². The molecule has 0 saturated carbocycles. The predicted octanol–water partition coefficient (Wildman–Crippen LogP) is 2.32. The van der Waals surface area contributed by atoms with E-state index >= 15 is 0 Å². The molecule has 6 heteroatoms. The summed E-state index contributed by atoms with van der Waals surface area (Å²) in [6.45, 7) is -0.137. The van der Waals surface area contributed by atoms with Gasteiger partial charge in [-0.25, -0.2) is 9.18 Å². The molecule has 1 aliphatic rings. The van der Waals surface area contributed by atoms with Crippen molar-refractivity contribution < 1.29 is 23.8 Å². The van der Waals surface area contributed by atoms with Gasteiger partial charge in [0.1, 0.15) is 11.6 Å². The molecule has 0 aromatic heterocycles. The normalized spacial score (nSPS) is 16.6. The van der Waals surface area contributed by atoms with Crippen LogP contribution < -0.4 is 9.64 Å². The summed E-state index contributed by atoms with van der Waals surface area (Å²) in [5.41, 5.74) is 0.620. The molecule has 0 spiro atoms. The summed E-state index contributed by atoms with van der Waals surface area (Å²) >= 11 is 0. The number of aliphatic carboxylic acids is 1. The second kappa shape index (κ2) is 5.48. The van der Waals surface area contributed by atoms with Crippen molar-refractivity contribution in [2.24, 2.45) is 0 Å². The standard InChI is InChI=1S/C16H12FNO4/c17-11-5-3-4-10(8-11)15(19)18-9-14(16(20)21)22-13-7-2-1-6-12(13)18/h1-8,14H,9H2,(H,20,21)/t14-/m1/s1. The van der Waals surface area contributed by atoms with E-state index in [1.807, 2.05) is 0 Å². The van der Waals surface area contributed by atoms with Gasteiger partial charge in [-0.2, -0.15) is 0 Å². The number of amides is 1. The van der Waals surface area contributed by atoms with Crippen LogP contribution in [0.5, 0.6) is 5.75 Å². The van der Waals surface area contributed by atoms with Gasteiger partial charge in [0.05, 0.1) is 12.2 Å². The zero-order valence-corrected chi connectivity index (χ0v) is 11.4. The highest BCUT2D eigenvalue weighted by atomic mass is 19.1. The highest BCUT2D eigenvalue weighted by Gasteiger charge is 2.34. The Labute approximate surface area is 125 Å². The van der Waals surface area contributed by atoms with Crippen LogP contribution in [-0.2, 0) is 4.79 Å².